The van der Waals surface area contributed by atoms with Gasteiger partial charge in [-0.25, -0.2) is 13.6 Å². The summed E-state index contributed by atoms with van der Waals surface area (Å²) in [6.07, 6.45) is 6.39. The first-order valence-electron chi connectivity index (χ1n) is 20.6. The van der Waals surface area contributed by atoms with Gasteiger partial charge in [-0.3, -0.25) is 14.8 Å². The number of carbonyl (C=O) groups is 1. The van der Waals surface area contributed by atoms with Crippen LogP contribution in [0.3, 0.4) is 0 Å². The standard InChI is InChI=1S/C43H55F2N7O6/c1-7-32-35(44)11-8-25-16-30(56-24-54-6)18-33(36(25)32)38-37(45)39-34(19-47-38)40(51-20-26-9-10-27(21-51)52(26)42(53)58-43(2,3)4)49-41(48-39)55-23-28-17-31(22-50(28)5)57-29-12-14-46-15-13-29/h8,11,16,18-19,26-29,31,46H,7,9-10,12-15,17,20-24H2,1-6H3/t26?,27?,28-,31+/m0/s1. The average Bonchev–Trinajstić information content (AvgIpc) is 3.69. The van der Waals surface area contributed by atoms with Crippen LogP contribution in [-0.2, 0) is 20.6 Å². The van der Waals surface area contributed by atoms with Crippen LogP contribution in [0.5, 0.6) is 11.8 Å². The zero-order valence-electron chi connectivity index (χ0n) is 34.4. The molecule has 0 radical (unpaired) electrons. The van der Waals surface area contributed by atoms with E-state index in [-0.39, 0.29) is 72.9 Å². The van der Waals surface area contributed by atoms with E-state index in [2.05, 4.69) is 22.2 Å². The second-order valence-corrected chi connectivity index (χ2v) is 17.0. The predicted octanol–water partition coefficient (Wildman–Crippen LogP) is 6.48. The highest BCUT2D eigenvalue weighted by Crippen LogP contribution is 2.41. The van der Waals surface area contributed by atoms with Crippen molar-refractivity contribution < 1.29 is 37.3 Å². The van der Waals surface area contributed by atoms with E-state index in [1.807, 2.05) is 32.6 Å². The van der Waals surface area contributed by atoms with E-state index < -0.39 is 11.4 Å². The smallest absolute Gasteiger partial charge is 0.410 e. The quantitative estimate of drug-likeness (QED) is 0.167. The van der Waals surface area contributed by atoms with Crippen molar-refractivity contribution in [3.63, 3.8) is 0 Å². The molecule has 15 heteroatoms. The zero-order valence-corrected chi connectivity index (χ0v) is 34.4. The molecule has 4 aromatic rings. The number of nitrogens with one attached hydrogen (secondary N) is 1. The Hall–Kier alpha value is -4.44. The number of pyridine rings is 1. The lowest BCUT2D eigenvalue weighted by Gasteiger charge is -2.42. The van der Waals surface area contributed by atoms with Crippen LogP contribution in [-0.4, -0.2) is 127 Å². The number of hydrogen-bond donors (Lipinski definition) is 1. The Labute approximate surface area is 338 Å². The molecule has 0 saturated carbocycles. The number of carbonyl (C=O) groups excluding carboxylic acids is 1. The van der Waals surface area contributed by atoms with Crippen molar-refractivity contribution >= 4 is 33.6 Å². The average molecular weight is 804 g/mol. The lowest BCUT2D eigenvalue weighted by atomic mass is 9.94. The molecule has 2 unspecified atom stereocenters. The number of nitrogens with zero attached hydrogens (tertiary/aromatic N) is 6. The molecular weight excluding hydrogens is 749 g/mol. The van der Waals surface area contributed by atoms with Crippen LogP contribution in [0.25, 0.3) is 32.9 Å². The Morgan fingerprint density at radius 1 is 0.983 bits per heavy atom. The van der Waals surface area contributed by atoms with Crippen molar-refractivity contribution in [2.45, 2.75) is 102 Å². The topological polar surface area (TPSA) is 124 Å². The molecule has 13 nitrogen and oxygen atoms in total. The molecule has 4 atom stereocenters. The minimum atomic E-state index is -0.689. The van der Waals surface area contributed by atoms with Gasteiger partial charge in [-0.2, -0.15) is 9.97 Å². The number of benzene rings is 2. The van der Waals surface area contributed by atoms with Crippen molar-refractivity contribution in [2.75, 3.05) is 65.2 Å². The first-order chi connectivity index (χ1) is 27.9. The number of rotatable bonds is 11. The van der Waals surface area contributed by atoms with Gasteiger partial charge in [-0.1, -0.05) is 13.0 Å². The van der Waals surface area contributed by atoms with Gasteiger partial charge >= 0.3 is 12.1 Å². The third kappa shape index (κ3) is 8.23. The summed E-state index contributed by atoms with van der Waals surface area (Å²) >= 11 is 0. The molecule has 4 saturated heterocycles. The third-order valence-corrected chi connectivity index (χ3v) is 11.8. The summed E-state index contributed by atoms with van der Waals surface area (Å²) in [6, 6.07) is 6.38. The largest absolute Gasteiger partial charge is 0.468 e. The fraction of sp³-hybridized carbons (Fsp3) is 0.581. The summed E-state index contributed by atoms with van der Waals surface area (Å²) in [5.41, 5.74) is 0.226. The summed E-state index contributed by atoms with van der Waals surface area (Å²) in [6.45, 7) is 11.4. The highest BCUT2D eigenvalue weighted by molar-refractivity contribution is 6.02. The SMILES string of the molecule is CCc1c(F)ccc2cc(OCOC)cc(-c3ncc4c(N5CC6CCC(C5)N6C(=O)OC(C)(C)C)nc(OC[C@@H]5C[C@@H](OC6CCNCC6)CN5C)nc4c3F)c12. The number of piperazine rings is 1. The molecule has 0 spiro atoms. The summed E-state index contributed by atoms with van der Waals surface area (Å²) < 4.78 is 62.4. The summed E-state index contributed by atoms with van der Waals surface area (Å²) in [5.74, 6) is -0.170. The number of fused-ring (bicyclic) bond motifs is 4. The molecule has 1 N–H and O–H groups in total. The lowest BCUT2D eigenvalue weighted by Crippen LogP contribution is -2.57. The fourth-order valence-electron chi connectivity index (χ4n) is 9.13. The van der Waals surface area contributed by atoms with E-state index in [0.717, 1.165) is 51.7 Å². The number of aryl methyl sites for hydroxylation is 1. The fourth-order valence-corrected chi connectivity index (χ4v) is 9.13. The minimum Gasteiger partial charge on any atom is -0.468 e. The van der Waals surface area contributed by atoms with E-state index in [4.69, 9.17) is 38.6 Å². The van der Waals surface area contributed by atoms with Gasteiger partial charge in [0.15, 0.2) is 12.6 Å². The summed E-state index contributed by atoms with van der Waals surface area (Å²) in [7, 11) is 3.58. The van der Waals surface area contributed by atoms with Crippen molar-refractivity contribution in [1.82, 2.24) is 30.1 Å². The van der Waals surface area contributed by atoms with Gasteiger partial charge in [0, 0.05) is 44.5 Å². The number of hydrogen-bond acceptors (Lipinski definition) is 12. The molecule has 2 bridgehead atoms. The van der Waals surface area contributed by atoms with Gasteiger partial charge in [0.1, 0.15) is 40.8 Å². The molecule has 4 fully saturated rings. The van der Waals surface area contributed by atoms with Crippen LogP contribution >= 0.6 is 0 Å². The molecule has 6 heterocycles. The highest BCUT2D eigenvalue weighted by atomic mass is 19.1. The van der Waals surface area contributed by atoms with E-state index >= 15 is 8.78 Å². The Kier molecular flexibility index (Phi) is 11.6. The van der Waals surface area contributed by atoms with Gasteiger partial charge in [-0.05, 0) is 114 Å². The van der Waals surface area contributed by atoms with Crippen molar-refractivity contribution in [1.29, 1.82) is 0 Å². The molecule has 2 aromatic carbocycles. The number of aromatic nitrogens is 3. The van der Waals surface area contributed by atoms with Crippen LogP contribution in [0.1, 0.15) is 65.4 Å². The molecule has 58 heavy (non-hydrogen) atoms. The summed E-state index contributed by atoms with van der Waals surface area (Å²) in [5, 5.41) is 5.03. The second kappa shape index (κ2) is 16.7. The number of amides is 1. The van der Waals surface area contributed by atoms with Gasteiger partial charge in [0.2, 0.25) is 0 Å². The van der Waals surface area contributed by atoms with E-state index in [1.165, 1.54) is 13.2 Å². The molecule has 8 rings (SSSR count). The monoisotopic (exact) mass is 803 g/mol. The molecule has 4 aliphatic rings. The van der Waals surface area contributed by atoms with E-state index in [0.29, 0.717) is 58.4 Å². The number of anilines is 1. The Morgan fingerprint density at radius 2 is 1.74 bits per heavy atom. The maximum Gasteiger partial charge on any atom is 0.410 e. The third-order valence-electron chi connectivity index (χ3n) is 11.8. The first kappa shape index (κ1) is 40.3. The predicted molar refractivity (Wildman–Crippen MR) is 216 cm³/mol. The van der Waals surface area contributed by atoms with E-state index in [9.17, 15) is 4.79 Å². The van der Waals surface area contributed by atoms with Gasteiger partial charge in [0.05, 0.1) is 29.7 Å². The molecule has 0 aliphatic carbocycles. The number of ether oxygens (including phenoxy) is 5. The van der Waals surface area contributed by atoms with Crippen LogP contribution in [0, 0.1) is 11.6 Å². The highest BCUT2D eigenvalue weighted by Gasteiger charge is 2.45. The zero-order chi connectivity index (χ0) is 40.7. The normalized spacial score (nSPS) is 23.0. The van der Waals surface area contributed by atoms with Crippen molar-refractivity contribution in [3.05, 3.63) is 47.7 Å². The van der Waals surface area contributed by atoms with Crippen LogP contribution in [0.15, 0.2) is 30.5 Å². The lowest BCUT2D eigenvalue weighted by molar-refractivity contribution is -0.0202. The second-order valence-electron chi connectivity index (χ2n) is 17.0. The van der Waals surface area contributed by atoms with Gasteiger partial charge < -0.3 is 33.9 Å². The number of methoxy groups -OCH3 is 1. The Bertz CT molecular complexity index is 2130. The first-order valence-corrected chi connectivity index (χ1v) is 20.6. The Balaban J connectivity index is 1.17. The van der Waals surface area contributed by atoms with Crippen LogP contribution in [0.2, 0.25) is 0 Å². The number of likely N-dealkylation sites (N-methyl/N-ethyl adjacent to an activating group) is 1. The van der Waals surface area contributed by atoms with Crippen LogP contribution < -0.4 is 19.7 Å². The summed E-state index contributed by atoms with van der Waals surface area (Å²) in [4.78, 5) is 33.9. The maximum absolute atomic E-state index is 17.4. The van der Waals surface area contributed by atoms with Gasteiger partial charge in [0.25, 0.3) is 0 Å². The van der Waals surface area contributed by atoms with Gasteiger partial charge in [-0.15, -0.1) is 0 Å². The number of piperidine rings is 1. The van der Waals surface area contributed by atoms with Crippen molar-refractivity contribution in [3.8, 4) is 23.0 Å². The number of halogens is 2. The van der Waals surface area contributed by atoms with E-state index in [1.54, 1.807) is 24.4 Å². The maximum atomic E-state index is 17.4. The van der Waals surface area contributed by atoms with Crippen molar-refractivity contribution in [2.24, 2.45) is 0 Å². The molecule has 312 valence electrons. The molecular formula is C43H55F2N7O6. The number of likely N-dealkylation sites (tertiary alicyclic amines) is 1. The molecule has 2 aromatic heterocycles. The Morgan fingerprint density at radius 3 is 2.45 bits per heavy atom. The molecule has 4 aliphatic heterocycles. The molecule has 1 amide bonds. The minimum absolute atomic E-state index is 0.000453. The van der Waals surface area contributed by atoms with Crippen LogP contribution in [0.4, 0.5) is 19.4 Å².